The second-order valence-corrected chi connectivity index (χ2v) is 8.22. The van der Waals surface area contributed by atoms with Crippen LogP contribution in [0.15, 0.2) is 47.2 Å². The maximum atomic E-state index is 13.5. The smallest absolute Gasteiger partial charge is 0.169 e. The Morgan fingerprint density at radius 1 is 0.900 bits per heavy atom. The SMILES string of the molecule is O=Cc1csc(-c2c(F)cccc2Cl)n1.OCc1csc(-c2c(F)cccc2Cl)n1. The summed E-state index contributed by atoms with van der Waals surface area (Å²) in [6.45, 7) is -0.150. The van der Waals surface area contributed by atoms with Crippen LogP contribution in [-0.4, -0.2) is 21.4 Å². The summed E-state index contributed by atoms with van der Waals surface area (Å²) in [5, 5.41) is 13.6. The van der Waals surface area contributed by atoms with Crippen LogP contribution in [0, 0.1) is 11.6 Å². The molecule has 2 aromatic heterocycles. The van der Waals surface area contributed by atoms with Crippen LogP contribution in [0.2, 0.25) is 10.0 Å². The first-order chi connectivity index (χ1) is 14.4. The number of hydrogen-bond acceptors (Lipinski definition) is 6. The van der Waals surface area contributed by atoms with Crippen LogP contribution in [-0.2, 0) is 6.61 Å². The largest absolute Gasteiger partial charge is 0.390 e. The van der Waals surface area contributed by atoms with Gasteiger partial charge in [0, 0.05) is 10.8 Å². The number of hydrogen-bond donors (Lipinski definition) is 1. The van der Waals surface area contributed by atoms with E-state index in [-0.39, 0.29) is 17.9 Å². The van der Waals surface area contributed by atoms with Gasteiger partial charge in [0.2, 0.25) is 0 Å². The molecular formula is C20H12Cl2F2N2O2S2. The van der Waals surface area contributed by atoms with Gasteiger partial charge in [0.1, 0.15) is 27.3 Å². The monoisotopic (exact) mass is 484 g/mol. The van der Waals surface area contributed by atoms with Gasteiger partial charge in [-0.1, -0.05) is 35.3 Å². The molecule has 2 heterocycles. The number of aliphatic hydroxyl groups is 1. The highest BCUT2D eigenvalue weighted by Crippen LogP contribution is 2.33. The van der Waals surface area contributed by atoms with E-state index in [4.69, 9.17) is 28.3 Å². The molecule has 0 aliphatic heterocycles. The molecule has 0 bridgehead atoms. The molecule has 4 aromatic rings. The fourth-order valence-corrected chi connectivity index (χ4v) is 4.67. The zero-order valence-electron chi connectivity index (χ0n) is 15.0. The molecule has 0 unspecified atom stereocenters. The molecule has 0 aliphatic carbocycles. The van der Waals surface area contributed by atoms with E-state index in [9.17, 15) is 13.6 Å². The van der Waals surface area contributed by atoms with Gasteiger partial charge < -0.3 is 5.11 Å². The molecule has 0 fully saturated rings. The standard InChI is InChI=1S/C10H7ClFNOS.C10H5ClFNOS/c2*11-7-2-1-3-8(12)9(7)10-13-6(4-14)5-15-10/h1-3,5,14H,4H2;1-5H. The summed E-state index contributed by atoms with van der Waals surface area (Å²) in [5.74, 6) is -0.837. The fraction of sp³-hybridized carbons (Fsp3) is 0.0500. The second-order valence-electron chi connectivity index (χ2n) is 5.69. The Morgan fingerprint density at radius 3 is 1.87 bits per heavy atom. The highest BCUT2D eigenvalue weighted by Gasteiger charge is 2.14. The zero-order chi connectivity index (χ0) is 21.7. The Balaban J connectivity index is 0.000000171. The van der Waals surface area contributed by atoms with Gasteiger partial charge in [-0.15, -0.1) is 22.7 Å². The first kappa shape index (κ1) is 22.5. The first-order valence-electron chi connectivity index (χ1n) is 8.29. The van der Waals surface area contributed by atoms with Crippen molar-refractivity contribution in [3.63, 3.8) is 0 Å². The summed E-state index contributed by atoms with van der Waals surface area (Å²) in [7, 11) is 0. The lowest BCUT2D eigenvalue weighted by atomic mass is 10.2. The summed E-state index contributed by atoms with van der Waals surface area (Å²) in [6, 6.07) is 8.91. The van der Waals surface area contributed by atoms with Gasteiger partial charge in [-0.25, -0.2) is 18.7 Å². The van der Waals surface area contributed by atoms with E-state index in [0.29, 0.717) is 37.6 Å². The molecule has 0 atom stereocenters. The number of thiazole rings is 2. The molecule has 154 valence electrons. The number of aromatic nitrogens is 2. The van der Waals surface area contributed by atoms with E-state index >= 15 is 0 Å². The van der Waals surface area contributed by atoms with Crippen molar-refractivity contribution >= 4 is 52.2 Å². The number of carbonyl (C=O) groups is 1. The Hall–Kier alpha value is -2.23. The molecule has 0 amide bonds. The molecule has 0 saturated heterocycles. The predicted molar refractivity (Wildman–Crippen MR) is 116 cm³/mol. The topological polar surface area (TPSA) is 63.1 Å². The van der Waals surface area contributed by atoms with E-state index in [0.717, 1.165) is 0 Å². The summed E-state index contributed by atoms with van der Waals surface area (Å²) in [6.07, 6.45) is 0.620. The molecule has 2 aromatic carbocycles. The third-order valence-electron chi connectivity index (χ3n) is 3.71. The van der Waals surface area contributed by atoms with Gasteiger partial charge in [0.15, 0.2) is 6.29 Å². The molecule has 30 heavy (non-hydrogen) atoms. The van der Waals surface area contributed by atoms with Crippen LogP contribution in [0.5, 0.6) is 0 Å². The second kappa shape index (κ2) is 10.2. The van der Waals surface area contributed by atoms with Gasteiger partial charge in [-0.2, -0.15) is 0 Å². The average Bonchev–Trinajstić information content (AvgIpc) is 3.38. The normalized spacial score (nSPS) is 10.4. The first-order valence-corrected chi connectivity index (χ1v) is 10.8. The maximum Gasteiger partial charge on any atom is 0.169 e. The lowest BCUT2D eigenvalue weighted by Gasteiger charge is -2.00. The molecule has 1 N–H and O–H groups in total. The quantitative estimate of drug-likeness (QED) is 0.335. The number of carbonyl (C=O) groups excluding carboxylic acids is 1. The summed E-state index contributed by atoms with van der Waals surface area (Å²) in [4.78, 5) is 18.4. The molecule has 0 radical (unpaired) electrons. The van der Waals surface area contributed by atoms with Crippen LogP contribution in [0.1, 0.15) is 16.2 Å². The molecule has 0 spiro atoms. The summed E-state index contributed by atoms with van der Waals surface area (Å²) in [5.41, 5.74) is 1.35. The van der Waals surface area contributed by atoms with Crippen LogP contribution in [0.3, 0.4) is 0 Å². The molecule has 4 nitrogen and oxygen atoms in total. The Morgan fingerprint density at radius 2 is 1.43 bits per heavy atom. The zero-order valence-corrected chi connectivity index (χ0v) is 18.1. The van der Waals surface area contributed by atoms with Crippen LogP contribution in [0.4, 0.5) is 8.78 Å². The van der Waals surface area contributed by atoms with Crippen molar-refractivity contribution in [1.82, 2.24) is 9.97 Å². The molecule has 10 heteroatoms. The van der Waals surface area contributed by atoms with Crippen molar-refractivity contribution in [1.29, 1.82) is 0 Å². The predicted octanol–water partition coefficient (Wildman–Crippen LogP) is 6.51. The van der Waals surface area contributed by atoms with Gasteiger partial charge >= 0.3 is 0 Å². The number of aliphatic hydroxyl groups excluding tert-OH is 1. The number of halogens is 4. The van der Waals surface area contributed by atoms with Crippen LogP contribution in [0.25, 0.3) is 21.1 Å². The minimum Gasteiger partial charge on any atom is -0.390 e. The Labute approximate surface area is 188 Å². The van der Waals surface area contributed by atoms with Crippen molar-refractivity contribution in [2.45, 2.75) is 6.61 Å². The lowest BCUT2D eigenvalue weighted by Crippen LogP contribution is -1.87. The maximum absolute atomic E-state index is 13.5. The van der Waals surface area contributed by atoms with Gasteiger partial charge in [0.05, 0.1) is 33.5 Å². The summed E-state index contributed by atoms with van der Waals surface area (Å²) < 4.78 is 26.9. The van der Waals surface area contributed by atoms with Crippen molar-refractivity contribution in [3.05, 3.63) is 80.2 Å². The van der Waals surface area contributed by atoms with E-state index in [1.165, 1.54) is 40.9 Å². The molecular weight excluding hydrogens is 473 g/mol. The molecule has 4 rings (SSSR count). The van der Waals surface area contributed by atoms with Gasteiger partial charge in [-0.05, 0) is 24.3 Å². The third kappa shape index (κ3) is 5.08. The van der Waals surface area contributed by atoms with E-state index in [1.807, 2.05) is 0 Å². The highest BCUT2D eigenvalue weighted by atomic mass is 35.5. The fourth-order valence-electron chi connectivity index (χ4n) is 2.35. The number of rotatable bonds is 4. The molecule has 0 saturated carbocycles. The number of aldehydes is 1. The number of nitrogens with zero attached hydrogens (tertiary/aromatic N) is 2. The minimum absolute atomic E-state index is 0.150. The van der Waals surface area contributed by atoms with Crippen LogP contribution < -0.4 is 0 Å². The van der Waals surface area contributed by atoms with Crippen molar-refractivity contribution < 1.29 is 18.7 Å². The van der Waals surface area contributed by atoms with Crippen molar-refractivity contribution in [2.75, 3.05) is 0 Å². The number of benzene rings is 2. The molecule has 0 aliphatic rings. The van der Waals surface area contributed by atoms with Crippen molar-refractivity contribution in [3.8, 4) is 21.1 Å². The van der Waals surface area contributed by atoms with Crippen LogP contribution >= 0.6 is 45.9 Å². The Kier molecular flexibility index (Phi) is 7.63. The third-order valence-corrected chi connectivity index (χ3v) is 6.13. The average molecular weight is 485 g/mol. The van der Waals surface area contributed by atoms with Crippen molar-refractivity contribution in [2.24, 2.45) is 0 Å². The minimum atomic E-state index is -0.436. The lowest BCUT2D eigenvalue weighted by molar-refractivity contribution is 0.111. The van der Waals surface area contributed by atoms with Gasteiger partial charge in [-0.3, -0.25) is 4.79 Å². The Bertz CT molecular complexity index is 1140. The summed E-state index contributed by atoms with van der Waals surface area (Å²) >= 11 is 14.2. The van der Waals surface area contributed by atoms with E-state index in [1.54, 1.807) is 29.0 Å². The van der Waals surface area contributed by atoms with E-state index < -0.39 is 11.6 Å². The van der Waals surface area contributed by atoms with Gasteiger partial charge in [0.25, 0.3) is 0 Å². The van der Waals surface area contributed by atoms with E-state index in [2.05, 4.69) is 9.97 Å². The highest BCUT2D eigenvalue weighted by molar-refractivity contribution is 7.13.